The van der Waals surface area contributed by atoms with E-state index in [0.717, 1.165) is 18.4 Å². The normalized spacial score (nSPS) is 16.5. The molecule has 0 aromatic heterocycles. The number of rotatable bonds is 7. The number of aliphatic hydroxyl groups excluding tert-OH is 1. The van der Waals surface area contributed by atoms with Gasteiger partial charge in [-0.3, -0.25) is 0 Å². The maximum absolute atomic E-state index is 12.3. The van der Waals surface area contributed by atoms with Crippen molar-refractivity contribution in [3.05, 3.63) is 23.3 Å². The molecule has 2 rings (SSSR count). The molecule has 1 aromatic rings. The van der Waals surface area contributed by atoms with Crippen LogP contribution in [0.1, 0.15) is 30.1 Å². The molecule has 0 aliphatic carbocycles. The molecule has 2 amide bonds. The average molecular weight is 338 g/mol. The fourth-order valence-electron chi connectivity index (χ4n) is 2.91. The van der Waals surface area contributed by atoms with Crippen LogP contribution < -0.4 is 14.8 Å². The van der Waals surface area contributed by atoms with E-state index in [-0.39, 0.29) is 12.6 Å². The molecule has 0 bridgehead atoms. The van der Waals surface area contributed by atoms with Crippen molar-refractivity contribution >= 4 is 6.03 Å². The zero-order chi connectivity index (χ0) is 17.5. The summed E-state index contributed by atoms with van der Waals surface area (Å²) in [5, 5.41) is 13.4. The molecule has 1 heterocycles. The molecule has 1 aliphatic heterocycles. The molecular formula is C17H26N2O5. The number of aliphatic hydroxyl groups is 1. The lowest BCUT2D eigenvalue weighted by molar-refractivity contribution is 0.100. The molecule has 0 unspecified atom stereocenters. The van der Waals surface area contributed by atoms with Crippen LogP contribution >= 0.6 is 0 Å². The molecule has 7 heteroatoms. The van der Waals surface area contributed by atoms with E-state index in [2.05, 4.69) is 5.32 Å². The minimum atomic E-state index is -0.807. The lowest BCUT2D eigenvalue weighted by Gasteiger charge is -2.34. The topological polar surface area (TPSA) is 80.3 Å². The lowest BCUT2D eigenvalue weighted by Crippen LogP contribution is -2.44. The van der Waals surface area contributed by atoms with Crippen LogP contribution in [0.5, 0.6) is 11.5 Å². The number of carbonyl (C=O) groups is 1. The van der Waals surface area contributed by atoms with Gasteiger partial charge in [-0.2, -0.15) is 0 Å². The Hall–Kier alpha value is -1.99. The Kier molecular flexibility index (Phi) is 6.69. The van der Waals surface area contributed by atoms with Crippen LogP contribution in [0.15, 0.2) is 12.1 Å². The number of hydrogen-bond acceptors (Lipinski definition) is 5. The van der Waals surface area contributed by atoms with E-state index in [4.69, 9.17) is 14.2 Å². The summed E-state index contributed by atoms with van der Waals surface area (Å²) in [6, 6.07) is 3.37. The molecule has 1 atom stereocenters. The molecule has 0 saturated heterocycles. The van der Waals surface area contributed by atoms with Gasteiger partial charge in [0, 0.05) is 31.4 Å². The summed E-state index contributed by atoms with van der Waals surface area (Å²) in [4.78, 5) is 13.9. The smallest absolute Gasteiger partial charge is 0.317 e. The highest BCUT2D eigenvalue weighted by Crippen LogP contribution is 2.39. The number of urea groups is 1. The number of unbranched alkanes of at least 4 members (excludes halogenated alkanes) is 1. The number of nitrogens with zero attached hydrogens (tertiary/aromatic N) is 1. The molecule has 0 spiro atoms. The van der Waals surface area contributed by atoms with Gasteiger partial charge in [0.15, 0.2) is 0 Å². The first-order chi connectivity index (χ1) is 11.6. The number of benzene rings is 1. The summed E-state index contributed by atoms with van der Waals surface area (Å²) in [7, 11) is 4.80. The largest absolute Gasteiger partial charge is 0.496 e. The Morgan fingerprint density at radius 2 is 1.96 bits per heavy atom. The van der Waals surface area contributed by atoms with Gasteiger partial charge >= 0.3 is 6.03 Å². The Morgan fingerprint density at radius 3 is 2.62 bits per heavy atom. The monoisotopic (exact) mass is 338 g/mol. The second kappa shape index (κ2) is 8.75. The van der Waals surface area contributed by atoms with Gasteiger partial charge in [-0.15, -0.1) is 0 Å². The van der Waals surface area contributed by atoms with Gasteiger partial charge in [-0.05, 0) is 25.0 Å². The lowest BCUT2D eigenvalue weighted by atomic mass is 9.95. The first-order valence-electron chi connectivity index (χ1n) is 8.05. The molecular weight excluding hydrogens is 312 g/mol. The van der Waals surface area contributed by atoms with E-state index in [1.54, 1.807) is 38.4 Å². The van der Waals surface area contributed by atoms with Gasteiger partial charge in [-0.1, -0.05) is 0 Å². The number of fused-ring (bicyclic) bond motifs is 1. The number of methoxy groups -OCH3 is 3. The van der Waals surface area contributed by atoms with Crippen molar-refractivity contribution < 1.29 is 24.1 Å². The number of amides is 2. The summed E-state index contributed by atoms with van der Waals surface area (Å²) in [6.45, 7) is 1.86. The Morgan fingerprint density at radius 1 is 1.25 bits per heavy atom. The summed E-state index contributed by atoms with van der Waals surface area (Å²) in [6.07, 6.45) is 0.940. The molecule has 0 radical (unpaired) electrons. The van der Waals surface area contributed by atoms with Gasteiger partial charge in [0.05, 0.1) is 27.3 Å². The number of hydrogen-bond donors (Lipinski definition) is 2. The summed E-state index contributed by atoms with van der Waals surface area (Å²) in [5.74, 6) is 1.25. The second-order valence-electron chi connectivity index (χ2n) is 5.69. The third-order valence-electron chi connectivity index (χ3n) is 4.13. The molecule has 0 fully saturated rings. The Bertz CT molecular complexity index is 564. The van der Waals surface area contributed by atoms with E-state index in [1.165, 1.54) is 0 Å². The third-order valence-corrected chi connectivity index (χ3v) is 4.13. The van der Waals surface area contributed by atoms with Crippen LogP contribution in [-0.4, -0.2) is 57.1 Å². The van der Waals surface area contributed by atoms with Crippen LogP contribution in [0, 0.1) is 0 Å². The highest BCUT2D eigenvalue weighted by atomic mass is 16.5. The van der Waals surface area contributed by atoms with E-state index >= 15 is 0 Å². The molecule has 24 heavy (non-hydrogen) atoms. The van der Waals surface area contributed by atoms with Gasteiger partial charge in [-0.25, -0.2) is 4.79 Å². The van der Waals surface area contributed by atoms with Crippen molar-refractivity contribution in [1.82, 2.24) is 10.2 Å². The van der Waals surface area contributed by atoms with Crippen LogP contribution in [0.4, 0.5) is 4.79 Å². The summed E-state index contributed by atoms with van der Waals surface area (Å²) >= 11 is 0. The molecule has 134 valence electrons. The van der Waals surface area contributed by atoms with Crippen molar-refractivity contribution in [2.45, 2.75) is 25.5 Å². The predicted octanol–water partition coefficient (Wildman–Crippen LogP) is 1.69. The van der Waals surface area contributed by atoms with Gasteiger partial charge in [0.2, 0.25) is 0 Å². The average Bonchev–Trinajstić information content (AvgIpc) is 2.60. The number of nitrogens with one attached hydrogen (secondary N) is 1. The van der Waals surface area contributed by atoms with Gasteiger partial charge in [0.1, 0.15) is 17.6 Å². The zero-order valence-corrected chi connectivity index (χ0v) is 14.5. The van der Waals surface area contributed by atoms with Crippen LogP contribution in [0.3, 0.4) is 0 Å². The third kappa shape index (κ3) is 4.10. The molecule has 1 aliphatic rings. The van der Waals surface area contributed by atoms with E-state index in [9.17, 15) is 9.90 Å². The minimum absolute atomic E-state index is 0.193. The molecule has 7 nitrogen and oxygen atoms in total. The highest BCUT2D eigenvalue weighted by Gasteiger charge is 2.31. The van der Waals surface area contributed by atoms with E-state index in [1.807, 2.05) is 0 Å². The van der Waals surface area contributed by atoms with Crippen LogP contribution in [0.25, 0.3) is 0 Å². The quantitative estimate of drug-likeness (QED) is 0.740. The Labute approximate surface area is 142 Å². The van der Waals surface area contributed by atoms with Crippen LogP contribution in [0.2, 0.25) is 0 Å². The zero-order valence-electron chi connectivity index (χ0n) is 14.5. The van der Waals surface area contributed by atoms with Crippen molar-refractivity contribution in [1.29, 1.82) is 0 Å². The van der Waals surface area contributed by atoms with Crippen molar-refractivity contribution in [2.24, 2.45) is 0 Å². The molecule has 2 N–H and O–H groups in total. The first kappa shape index (κ1) is 18.4. The second-order valence-corrected chi connectivity index (χ2v) is 5.69. The highest BCUT2D eigenvalue weighted by molar-refractivity contribution is 5.75. The maximum Gasteiger partial charge on any atom is 0.317 e. The van der Waals surface area contributed by atoms with Crippen molar-refractivity contribution in [3.8, 4) is 11.5 Å². The SMILES string of the molecule is COCCCCNC(=O)N1Cc2c(OC)ccc(OC)c2[C@@H](O)C1. The first-order valence-corrected chi connectivity index (χ1v) is 8.05. The standard InChI is InChI=1S/C17H26N2O5/c1-22-9-5-4-8-18-17(21)19-10-12-14(23-2)6-7-15(24-3)16(12)13(20)11-19/h6-7,13,20H,4-5,8-11H2,1-3H3,(H,18,21)/t13-/m0/s1. The summed E-state index contributed by atoms with van der Waals surface area (Å²) in [5.41, 5.74) is 1.48. The number of ether oxygens (including phenoxy) is 3. The fraction of sp³-hybridized carbons (Fsp3) is 0.588. The maximum atomic E-state index is 12.3. The summed E-state index contributed by atoms with van der Waals surface area (Å²) < 4.78 is 15.7. The van der Waals surface area contributed by atoms with E-state index < -0.39 is 6.10 Å². The fourth-order valence-corrected chi connectivity index (χ4v) is 2.91. The minimum Gasteiger partial charge on any atom is -0.496 e. The number of β-amino-alcohol motifs (C(OH)–C–C–N with tert-alkyl or cyclic N) is 1. The molecule has 1 aromatic carbocycles. The van der Waals surface area contributed by atoms with Gasteiger partial charge < -0.3 is 29.5 Å². The molecule has 0 saturated carbocycles. The Balaban J connectivity index is 2.06. The van der Waals surface area contributed by atoms with Crippen LogP contribution in [-0.2, 0) is 11.3 Å². The van der Waals surface area contributed by atoms with Crippen molar-refractivity contribution in [3.63, 3.8) is 0 Å². The van der Waals surface area contributed by atoms with Gasteiger partial charge in [0.25, 0.3) is 0 Å². The predicted molar refractivity (Wildman–Crippen MR) is 89.4 cm³/mol. The van der Waals surface area contributed by atoms with Crippen molar-refractivity contribution in [2.75, 3.05) is 41.0 Å². The number of carbonyl (C=O) groups excluding carboxylic acids is 1. The van der Waals surface area contributed by atoms with E-state index in [0.29, 0.717) is 36.8 Å².